The van der Waals surface area contributed by atoms with Crippen LogP contribution >= 0.6 is 0 Å². The number of hydrogen-bond acceptors (Lipinski definition) is 4. The number of carbonyl (C=O) groups is 2. The summed E-state index contributed by atoms with van der Waals surface area (Å²) in [5, 5.41) is 0. The molecule has 2 fully saturated rings. The molecule has 1 N–H and O–H groups in total. The molecule has 1 aromatic heterocycles. The molecule has 4 rings (SSSR count). The Hall–Kier alpha value is -2.18. The van der Waals surface area contributed by atoms with Gasteiger partial charge in [0, 0.05) is 31.8 Å². The molecule has 3 heterocycles. The molecule has 1 saturated heterocycles. The van der Waals surface area contributed by atoms with Crippen LogP contribution in [0.15, 0.2) is 4.79 Å². The van der Waals surface area contributed by atoms with Gasteiger partial charge >= 0.3 is 0 Å². The Morgan fingerprint density at radius 1 is 1.07 bits per heavy atom. The van der Waals surface area contributed by atoms with Crippen molar-refractivity contribution in [2.24, 2.45) is 5.92 Å². The van der Waals surface area contributed by atoms with Gasteiger partial charge in [0.05, 0.1) is 23.8 Å². The van der Waals surface area contributed by atoms with Crippen molar-refractivity contribution >= 4 is 11.8 Å². The van der Waals surface area contributed by atoms with Gasteiger partial charge in [-0.25, -0.2) is 4.98 Å². The standard InChI is InChI=1S/C22H32N4O3/c1-2-19(27)26-12-7-6-10-18(26)20-23-17-11-13-25(14-16(17)21(28)24-20)22(29)15-8-4-3-5-9-15/h15,18H,2-14H2,1H3,(H,23,24,28). The van der Waals surface area contributed by atoms with E-state index in [1.165, 1.54) is 6.42 Å². The highest BCUT2D eigenvalue weighted by atomic mass is 16.2. The molecule has 1 aliphatic carbocycles. The zero-order valence-corrected chi connectivity index (χ0v) is 17.4. The quantitative estimate of drug-likeness (QED) is 0.845. The number of nitrogens with one attached hydrogen (secondary N) is 1. The molecular weight excluding hydrogens is 368 g/mol. The Morgan fingerprint density at radius 2 is 1.83 bits per heavy atom. The first kappa shape index (κ1) is 20.1. The van der Waals surface area contributed by atoms with E-state index in [-0.39, 0.29) is 29.3 Å². The maximum atomic E-state index is 12.9. The molecule has 0 aromatic carbocycles. The average Bonchev–Trinajstić information content (AvgIpc) is 2.78. The fourth-order valence-corrected chi connectivity index (χ4v) is 5.12. The monoisotopic (exact) mass is 400 g/mol. The second kappa shape index (κ2) is 8.67. The van der Waals surface area contributed by atoms with E-state index in [1.54, 1.807) is 0 Å². The van der Waals surface area contributed by atoms with Crippen LogP contribution in [0.5, 0.6) is 0 Å². The highest BCUT2D eigenvalue weighted by Crippen LogP contribution is 2.30. The van der Waals surface area contributed by atoms with Crippen molar-refractivity contribution in [2.45, 2.75) is 83.7 Å². The van der Waals surface area contributed by atoms with Crippen molar-refractivity contribution in [3.63, 3.8) is 0 Å². The first-order valence-electron chi connectivity index (χ1n) is 11.3. The predicted octanol–water partition coefficient (Wildman–Crippen LogP) is 2.70. The summed E-state index contributed by atoms with van der Waals surface area (Å²) in [6.45, 7) is 3.58. The summed E-state index contributed by atoms with van der Waals surface area (Å²) in [6, 6.07) is -0.142. The Morgan fingerprint density at radius 3 is 2.59 bits per heavy atom. The maximum absolute atomic E-state index is 12.9. The van der Waals surface area contributed by atoms with E-state index in [4.69, 9.17) is 4.98 Å². The van der Waals surface area contributed by atoms with E-state index >= 15 is 0 Å². The van der Waals surface area contributed by atoms with Crippen LogP contribution in [0.25, 0.3) is 0 Å². The zero-order valence-electron chi connectivity index (χ0n) is 17.4. The van der Waals surface area contributed by atoms with Crippen molar-refractivity contribution in [3.8, 4) is 0 Å². The predicted molar refractivity (Wildman–Crippen MR) is 109 cm³/mol. The van der Waals surface area contributed by atoms with Crippen LogP contribution in [0.1, 0.15) is 87.8 Å². The summed E-state index contributed by atoms with van der Waals surface area (Å²) in [5.41, 5.74) is 1.26. The van der Waals surface area contributed by atoms with Crippen LogP contribution in [0.4, 0.5) is 0 Å². The summed E-state index contributed by atoms with van der Waals surface area (Å²) in [5.74, 6) is 1.04. The summed E-state index contributed by atoms with van der Waals surface area (Å²) < 4.78 is 0. The van der Waals surface area contributed by atoms with E-state index in [9.17, 15) is 14.4 Å². The lowest BCUT2D eigenvalue weighted by atomic mass is 9.88. The minimum Gasteiger partial charge on any atom is -0.337 e. The molecule has 1 aromatic rings. The molecule has 2 amide bonds. The van der Waals surface area contributed by atoms with Crippen LogP contribution in [0.3, 0.4) is 0 Å². The van der Waals surface area contributed by atoms with Crippen molar-refractivity contribution in [1.82, 2.24) is 19.8 Å². The highest BCUT2D eigenvalue weighted by Gasteiger charge is 2.33. The van der Waals surface area contributed by atoms with E-state index in [2.05, 4.69) is 4.98 Å². The summed E-state index contributed by atoms with van der Waals surface area (Å²) in [7, 11) is 0. The number of likely N-dealkylation sites (tertiary alicyclic amines) is 1. The molecule has 0 bridgehead atoms. The third-order valence-corrected chi connectivity index (χ3v) is 6.79. The number of hydrogen-bond donors (Lipinski definition) is 1. The number of H-pyrrole nitrogens is 1. The lowest BCUT2D eigenvalue weighted by molar-refractivity contribution is -0.137. The zero-order chi connectivity index (χ0) is 20.4. The van der Waals surface area contributed by atoms with Gasteiger partial charge in [0.2, 0.25) is 11.8 Å². The van der Waals surface area contributed by atoms with Crippen LogP contribution in [0, 0.1) is 5.92 Å². The summed E-state index contributed by atoms with van der Waals surface area (Å²) in [6.07, 6.45) is 9.34. The minimum absolute atomic E-state index is 0.110. The number of nitrogens with zero attached hydrogens (tertiary/aromatic N) is 3. The molecule has 3 aliphatic rings. The van der Waals surface area contributed by atoms with Crippen LogP contribution in [-0.2, 0) is 22.6 Å². The molecule has 158 valence electrons. The second-order valence-electron chi connectivity index (χ2n) is 8.67. The highest BCUT2D eigenvalue weighted by molar-refractivity contribution is 5.79. The van der Waals surface area contributed by atoms with Gasteiger partial charge in [-0.1, -0.05) is 26.2 Å². The van der Waals surface area contributed by atoms with Gasteiger partial charge in [-0.05, 0) is 32.1 Å². The van der Waals surface area contributed by atoms with Gasteiger partial charge in [-0.15, -0.1) is 0 Å². The SMILES string of the molecule is CCC(=O)N1CCCCC1c1nc2c(c(=O)[nH]1)CN(C(=O)C1CCCCC1)CC2. The Bertz CT molecular complexity index is 828. The normalized spacial score (nSPS) is 23.0. The van der Waals surface area contributed by atoms with Crippen LogP contribution < -0.4 is 5.56 Å². The van der Waals surface area contributed by atoms with Gasteiger partial charge in [0.1, 0.15) is 5.82 Å². The van der Waals surface area contributed by atoms with Gasteiger partial charge in [-0.2, -0.15) is 0 Å². The molecule has 7 heteroatoms. The van der Waals surface area contributed by atoms with E-state index in [0.717, 1.165) is 57.2 Å². The number of amides is 2. The van der Waals surface area contributed by atoms with Gasteiger partial charge in [-0.3, -0.25) is 14.4 Å². The van der Waals surface area contributed by atoms with E-state index in [1.807, 2.05) is 16.7 Å². The number of fused-ring (bicyclic) bond motifs is 1. The minimum atomic E-state index is -0.152. The van der Waals surface area contributed by atoms with Gasteiger partial charge < -0.3 is 14.8 Å². The Labute approximate surface area is 171 Å². The number of carbonyl (C=O) groups excluding carboxylic acids is 2. The number of rotatable bonds is 3. The van der Waals surface area contributed by atoms with Crippen molar-refractivity contribution in [3.05, 3.63) is 27.4 Å². The first-order chi connectivity index (χ1) is 14.1. The molecule has 0 spiro atoms. The molecule has 1 atom stereocenters. The smallest absolute Gasteiger partial charge is 0.256 e. The molecule has 29 heavy (non-hydrogen) atoms. The number of aromatic amines is 1. The lowest BCUT2D eigenvalue weighted by Gasteiger charge is -2.36. The van der Waals surface area contributed by atoms with Gasteiger partial charge in [0.15, 0.2) is 0 Å². The Kier molecular flexibility index (Phi) is 6.01. The van der Waals surface area contributed by atoms with Gasteiger partial charge in [0.25, 0.3) is 5.56 Å². The summed E-state index contributed by atoms with van der Waals surface area (Å²) in [4.78, 5) is 49.6. The van der Waals surface area contributed by atoms with E-state index < -0.39 is 0 Å². The fraction of sp³-hybridized carbons (Fsp3) is 0.727. The van der Waals surface area contributed by atoms with Crippen molar-refractivity contribution in [2.75, 3.05) is 13.1 Å². The largest absolute Gasteiger partial charge is 0.337 e. The maximum Gasteiger partial charge on any atom is 0.256 e. The fourth-order valence-electron chi connectivity index (χ4n) is 5.12. The first-order valence-corrected chi connectivity index (χ1v) is 11.3. The second-order valence-corrected chi connectivity index (χ2v) is 8.67. The molecular formula is C22H32N4O3. The molecule has 2 aliphatic heterocycles. The molecule has 0 radical (unpaired) electrons. The summed E-state index contributed by atoms with van der Waals surface area (Å²) >= 11 is 0. The topological polar surface area (TPSA) is 86.4 Å². The van der Waals surface area contributed by atoms with Crippen molar-refractivity contribution in [1.29, 1.82) is 0 Å². The lowest BCUT2D eigenvalue weighted by Crippen LogP contribution is -2.44. The van der Waals surface area contributed by atoms with Crippen LogP contribution in [-0.4, -0.2) is 44.7 Å². The molecule has 7 nitrogen and oxygen atoms in total. The average molecular weight is 401 g/mol. The van der Waals surface area contributed by atoms with E-state index in [0.29, 0.717) is 37.3 Å². The third-order valence-electron chi connectivity index (χ3n) is 6.79. The third kappa shape index (κ3) is 4.09. The van der Waals surface area contributed by atoms with Crippen LogP contribution in [0.2, 0.25) is 0 Å². The Balaban J connectivity index is 1.54. The van der Waals surface area contributed by atoms with Crippen molar-refractivity contribution < 1.29 is 9.59 Å². The molecule has 1 unspecified atom stereocenters. The number of piperidine rings is 1. The molecule has 1 saturated carbocycles. The number of aromatic nitrogens is 2.